The van der Waals surface area contributed by atoms with Crippen LogP contribution in [0.5, 0.6) is 5.75 Å². The summed E-state index contributed by atoms with van der Waals surface area (Å²) in [5, 5.41) is 13.8. The van der Waals surface area contributed by atoms with E-state index in [0.29, 0.717) is 22.0 Å². The molecule has 0 fully saturated rings. The predicted octanol–water partition coefficient (Wildman–Crippen LogP) is 3.95. The van der Waals surface area contributed by atoms with Gasteiger partial charge in [-0.25, -0.2) is 0 Å². The Hall–Kier alpha value is -2.69. The second kappa shape index (κ2) is 9.86. The first-order valence-electron chi connectivity index (χ1n) is 7.87. The van der Waals surface area contributed by atoms with Crippen molar-refractivity contribution in [2.75, 3.05) is 19.0 Å². The number of aryl methyl sites for hydroxylation is 1. The number of anilines is 1. The number of esters is 1. The largest absolute Gasteiger partial charge is 0.496 e. The summed E-state index contributed by atoms with van der Waals surface area (Å²) < 4.78 is 10.2. The van der Waals surface area contributed by atoms with Crippen LogP contribution in [0.3, 0.4) is 0 Å². The van der Waals surface area contributed by atoms with Crippen molar-refractivity contribution in [3.63, 3.8) is 0 Å². The highest BCUT2D eigenvalue weighted by atomic mass is 35.5. The minimum Gasteiger partial charge on any atom is -0.496 e. The van der Waals surface area contributed by atoms with Crippen LogP contribution in [0.4, 0.5) is 5.69 Å². The average molecular weight is 405 g/mol. The fourth-order valence-corrected chi connectivity index (χ4v) is 2.99. The molecule has 140 valence electrons. The number of halogens is 1. The van der Waals surface area contributed by atoms with Crippen LogP contribution in [-0.2, 0) is 20.7 Å². The van der Waals surface area contributed by atoms with E-state index in [9.17, 15) is 9.59 Å². The number of carbonyl (C=O) groups is 2. The molecule has 0 aliphatic rings. The van der Waals surface area contributed by atoms with Crippen molar-refractivity contribution in [2.45, 2.75) is 18.2 Å². The summed E-state index contributed by atoms with van der Waals surface area (Å²) in [6.07, 6.45) is -0.0594. The van der Waals surface area contributed by atoms with Gasteiger partial charge in [0.05, 0.1) is 13.5 Å². The van der Waals surface area contributed by atoms with Gasteiger partial charge < -0.3 is 14.8 Å². The quantitative estimate of drug-likeness (QED) is 0.427. The Balaban J connectivity index is 1.89. The van der Waals surface area contributed by atoms with Crippen LogP contribution in [-0.4, -0.2) is 25.6 Å². The topological polar surface area (TPSA) is 88.4 Å². The summed E-state index contributed by atoms with van der Waals surface area (Å²) in [6, 6.07) is 10.2. The second-order valence-electron chi connectivity index (χ2n) is 5.51. The van der Waals surface area contributed by atoms with Gasteiger partial charge in [0.15, 0.2) is 6.61 Å². The third-order valence-electron chi connectivity index (χ3n) is 3.58. The molecule has 0 atom stereocenters. The molecule has 0 saturated heterocycles. The molecule has 2 rings (SSSR count). The molecule has 0 aromatic heterocycles. The van der Waals surface area contributed by atoms with Crippen molar-refractivity contribution in [2.24, 2.45) is 0 Å². The predicted molar refractivity (Wildman–Crippen MR) is 104 cm³/mol. The van der Waals surface area contributed by atoms with Gasteiger partial charge in [-0.15, -0.1) is 0 Å². The van der Waals surface area contributed by atoms with Gasteiger partial charge in [-0.2, -0.15) is 5.26 Å². The van der Waals surface area contributed by atoms with Crippen LogP contribution in [0.2, 0.25) is 5.02 Å². The number of ether oxygens (including phenoxy) is 2. The van der Waals surface area contributed by atoms with Crippen molar-refractivity contribution < 1.29 is 19.1 Å². The number of benzene rings is 2. The molecule has 27 heavy (non-hydrogen) atoms. The summed E-state index contributed by atoms with van der Waals surface area (Å²) in [5.41, 5.74) is 1.98. The number of nitrogens with zero attached hydrogens (tertiary/aromatic N) is 1. The molecule has 2 aromatic rings. The third-order valence-corrected chi connectivity index (χ3v) is 4.39. The standard InChI is InChI=1S/C19H17ClN2O4S/c1-12-7-15(27-11-21)4-5-16(12)22-18(23)10-26-19(24)9-13-8-14(20)3-6-17(13)25-2/h3-8H,9-10H2,1-2H3,(H,22,23). The highest BCUT2D eigenvalue weighted by Gasteiger charge is 2.13. The maximum atomic E-state index is 12.0. The highest BCUT2D eigenvalue weighted by Crippen LogP contribution is 2.24. The van der Waals surface area contributed by atoms with Crippen molar-refractivity contribution in [1.29, 1.82) is 5.26 Å². The molecule has 1 N–H and O–H groups in total. The molecule has 0 aliphatic carbocycles. The van der Waals surface area contributed by atoms with Gasteiger partial charge in [0.25, 0.3) is 5.91 Å². The van der Waals surface area contributed by atoms with E-state index < -0.39 is 18.5 Å². The number of amides is 1. The fraction of sp³-hybridized carbons (Fsp3) is 0.211. The molecule has 2 aromatic carbocycles. The number of thioether (sulfide) groups is 1. The van der Waals surface area contributed by atoms with E-state index in [-0.39, 0.29) is 6.42 Å². The van der Waals surface area contributed by atoms with Crippen molar-refractivity contribution >= 4 is 40.9 Å². The number of hydrogen-bond acceptors (Lipinski definition) is 6. The third kappa shape index (κ3) is 6.20. The van der Waals surface area contributed by atoms with E-state index in [2.05, 4.69) is 5.32 Å². The van der Waals surface area contributed by atoms with Crippen LogP contribution in [0.1, 0.15) is 11.1 Å². The Morgan fingerprint density at radius 2 is 2.04 bits per heavy atom. The molecule has 1 amide bonds. The summed E-state index contributed by atoms with van der Waals surface area (Å²) >= 11 is 6.97. The Kier molecular flexibility index (Phi) is 7.53. The number of hydrogen-bond donors (Lipinski definition) is 1. The van der Waals surface area contributed by atoms with Crippen LogP contribution < -0.4 is 10.1 Å². The van der Waals surface area contributed by atoms with Crippen LogP contribution in [0.25, 0.3) is 0 Å². The molecule has 0 heterocycles. The van der Waals surface area contributed by atoms with Crippen molar-refractivity contribution in [3.8, 4) is 11.2 Å². The molecule has 0 spiro atoms. The Bertz CT molecular complexity index is 896. The van der Waals surface area contributed by atoms with Gasteiger partial charge in [-0.1, -0.05) is 11.6 Å². The zero-order chi connectivity index (χ0) is 19.8. The summed E-state index contributed by atoms with van der Waals surface area (Å²) in [6.45, 7) is 1.41. The minimum atomic E-state index is -0.566. The number of nitriles is 1. The average Bonchev–Trinajstić information content (AvgIpc) is 2.63. The Labute approximate surface area is 166 Å². The SMILES string of the molecule is COc1ccc(Cl)cc1CC(=O)OCC(=O)Nc1ccc(SC#N)cc1C. The maximum Gasteiger partial charge on any atom is 0.310 e. The Morgan fingerprint density at radius 1 is 1.26 bits per heavy atom. The number of nitrogens with one attached hydrogen (secondary N) is 1. The van der Waals surface area contributed by atoms with Gasteiger partial charge in [-0.3, -0.25) is 9.59 Å². The van der Waals surface area contributed by atoms with Gasteiger partial charge in [0, 0.05) is 21.2 Å². The molecule has 0 radical (unpaired) electrons. The first kappa shape index (κ1) is 20.6. The van der Waals surface area contributed by atoms with Gasteiger partial charge in [-0.05, 0) is 60.6 Å². The molecular formula is C19H17ClN2O4S. The lowest BCUT2D eigenvalue weighted by atomic mass is 10.1. The van der Waals surface area contributed by atoms with E-state index >= 15 is 0 Å². The molecule has 0 unspecified atom stereocenters. The minimum absolute atomic E-state index is 0.0594. The monoisotopic (exact) mass is 404 g/mol. The smallest absolute Gasteiger partial charge is 0.310 e. The van der Waals surface area contributed by atoms with Crippen molar-refractivity contribution in [1.82, 2.24) is 0 Å². The van der Waals surface area contributed by atoms with E-state index in [1.165, 1.54) is 7.11 Å². The number of carbonyl (C=O) groups excluding carboxylic acids is 2. The maximum absolute atomic E-state index is 12.0. The molecule has 0 saturated carbocycles. The van der Waals surface area contributed by atoms with Gasteiger partial charge in [0.1, 0.15) is 11.2 Å². The molecular weight excluding hydrogens is 388 g/mol. The second-order valence-corrected chi connectivity index (χ2v) is 6.81. The fourth-order valence-electron chi connectivity index (χ4n) is 2.32. The zero-order valence-corrected chi connectivity index (χ0v) is 16.3. The molecule has 0 aliphatic heterocycles. The van der Waals surface area contributed by atoms with Crippen LogP contribution >= 0.6 is 23.4 Å². The van der Waals surface area contributed by atoms with E-state index in [0.717, 1.165) is 22.2 Å². The highest BCUT2D eigenvalue weighted by molar-refractivity contribution is 8.03. The van der Waals surface area contributed by atoms with Gasteiger partial charge in [0.2, 0.25) is 0 Å². The Morgan fingerprint density at radius 3 is 2.70 bits per heavy atom. The lowest BCUT2D eigenvalue weighted by Gasteiger charge is -2.11. The molecule has 0 bridgehead atoms. The molecule has 6 nitrogen and oxygen atoms in total. The summed E-state index contributed by atoms with van der Waals surface area (Å²) in [7, 11) is 1.49. The first-order chi connectivity index (χ1) is 12.9. The number of methoxy groups -OCH3 is 1. The van der Waals surface area contributed by atoms with Crippen molar-refractivity contribution in [3.05, 3.63) is 52.5 Å². The lowest BCUT2D eigenvalue weighted by molar-refractivity contribution is -0.146. The zero-order valence-electron chi connectivity index (χ0n) is 14.7. The van der Waals surface area contributed by atoms with Crippen LogP contribution in [0.15, 0.2) is 41.3 Å². The van der Waals surface area contributed by atoms with E-state index in [1.807, 2.05) is 12.3 Å². The first-order valence-corrected chi connectivity index (χ1v) is 9.07. The molecule has 8 heteroatoms. The summed E-state index contributed by atoms with van der Waals surface area (Å²) in [5.74, 6) is -0.500. The van der Waals surface area contributed by atoms with E-state index in [4.69, 9.17) is 26.3 Å². The van der Waals surface area contributed by atoms with E-state index in [1.54, 1.807) is 36.4 Å². The van der Waals surface area contributed by atoms with Crippen LogP contribution in [0, 0.1) is 17.6 Å². The number of rotatable bonds is 7. The lowest BCUT2D eigenvalue weighted by Crippen LogP contribution is -2.22. The summed E-state index contributed by atoms with van der Waals surface area (Å²) in [4.78, 5) is 24.8. The normalized spacial score (nSPS) is 10.0. The number of thiocyanates is 1. The van der Waals surface area contributed by atoms with Gasteiger partial charge >= 0.3 is 5.97 Å².